The van der Waals surface area contributed by atoms with Crippen LogP contribution in [0.1, 0.15) is 289 Å². The minimum Gasteiger partial charge on any atom is -0.480 e. The lowest BCUT2D eigenvalue weighted by atomic mass is 9.84. The first kappa shape index (κ1) is 100. The molecule has 6 heterocycles. The molecule has 4 aromatic heterocycles. The van der Waals surface area contributed by atoms with Gasteiger partial charge in [0, 0.05) is 77.0 Å². The Morgan fingerprint density at radius 3 is 1.34 bits per heavy atom. The van der Waals surface area contributed by atoms with E-state index >= 15 is 0 Å². The van der Waals surface area contributed by atoms with Crippen LogP contribution in [0.3, 0.4) is 0 Å². The molecule has 29 nitrogen and oxygen atoms in total. The molecule has 8 aliphatic rings. The molecule has 6 aliphatic carbocycles. The van der Waals surface area contributed by atoms with Gasteiger partial charge in [0.1, 0.15) is 56.5 Å². The topological polar surface area (TPSA) is 387 Å². The van der Waals surface area contributed by atoms with Crippen LogP contribution in [0.25, 0.3) is 43.2 Å². The molecule has 34 heteroatoms. The maximum Gasteiger partial charge on any atom is 0.408 e. The van der Waals surface area contributed by atoms with Crippen LogP contribution in [-0.4, -0.2) is 174 Å². The van der Waals surface area contributed by atoms with Crippen LogP contribution >= 0.6 is 35.1 Å². The minimum atomic E-state index is -3.99. The number of carbonyl (C=O) groups excluding carboxylic acids is 7. The number of alkyl carbamates (subject to hydrolysis) is 2. The van der Waals surface area contributed by atoms with Gasteiger partial charge in [0.25, 0.3) is 12.0 Å². The van der Waals surface area contributed by atoms with Crippen LogP contribution in [0.15, 0.2) is 72.5 Å². The van der Waals surface area contributed by atoms with Crippen LogP contribution < -0.4 is 34.9 Å². The van der Waals surface area contributed by atoms with Crippen LogP contribution in [0, 0.1) is 45.3 Å². The second-order valence-corrected chi connectivity index (χ2v) is 48.0. The van der Waals surface area contributed by atoms with E-state index in [1.807, 2.05) is 71.2 Å². The zero-order valence-corrected chi connectivity index (χ0v) is 82.1. The van der Waals surface area contributed by atoms with Gasteiger partial charge in [0.15, 0.2) is 11.6 Å². The Labute approximate surface area is 768 Å². The van der Waals surface area contributed by atoms with Gasteiger partial charge in [-0.3, -0.25) is 42.6 Å². The van der Waals surface area contributed by atoms with Crippen molar-refractivity contribution >= 4 is 125 Å². The zero-order valence-electron chi connectivity index (χ0n) is 78.1. The summed E-state index contributed by atoms with van der Waals surface area (Å²) in [4.78, 5) is 128. The van der Waals surface area contributed by atoms with Crippen LogP contribution in [0.4, 0.5) is 9.59 Å². The number of thiazole rings is 2. The molecule has 5 amide bonds. The molecule has 704 valence electrons. The molecule has 128 heavy (non-hydrogen) atoms. The molecule has 8 fully saturated rings. The highest BCUT2D eigenvalue weighted by Crippen LogP contribution is 2.59. The molecule has 0 bridgehead atoms. The number of carboxylic acids is 1. The molecule has 14 rings (SSSR count). The molecule has 2 aliphatic heterocycles. The highest BCUT2D eigenvalue weighted by atomic mass is 35.5. The number of fused-ring (bicyclic) bond motifs is 2. The normalized spacial score (nSPS) is 24.9. The van der Waals surface area contributed by atoms with E-state index in [0.717, 1.165) is 61.7 Å². The maximum atomic E-state index is 15.0. The number of nitrogens with one attached hydrogen (secondary N) is 5. The van der Waals surface area contributed by atoms with E-state index in [9.17, 15) is 55.2 Å². The first-order valence-corrected chi connectivity index (χ1v) is 49.9. The number of imidazole rings is 2. The number of carbonyl (C=O) groups is 8. The predicted octanol–water partition coefficient (Wildman–Crippen LogP) is 17.2. The summed E-state index contributed by atoms with van der Waals surface area (Å²) in [7, 11) is -7.80. The van der Waals surface area contributed by atoms with E-state index in [1.165, 1.54) is 62.0 Å². The fourth-order valence-corrected chi connectivity index (χ4v) is 22.8. The molecule has 6 N–H and O–H groups in total. The summed E-state index contributed by atoms with van der Waals surface area (Å²) in [5, 5.41) is 23.7. The standard InChI is InChI=1S/C47H66N6O8S2.C36H47N5O5S2.C11H21NO4.ClH/c1-12-30-23-47(30,41(56)51-63(58,59)46(11)21-22-46)24-34(54)37-28(4)35(25-52(37)40(55)38(44(5,6)7)50-43(57)61-45(8,9)10)60-42-49-36-31(19-16-20-33(36)53(42)27(2)3)39-48-32(26-62-39)29-17-14-13-15-18-29;1-6-24-17-36(24,33(43)40-48(44,45)35(5)15-16-35)18-28(42)30-22(4)29(19-37-30)46-34-39-31-25(13-10-14-27(31)41(34)21(2)3)32-38-26(20-47-32)23-11-8-7-9-12-23;1-10(2,3)7(8(13)14)12-9(15)16-11(4,5)6;/h12,16,19-20,26-30,35,37-38H,1,13-15,17-18,21-25H2,2-11H3,(H,50,57)(H,51,56);6,10,13-14,20-24,29-30,37H,1,7-9,11-12,15-19H2,2-5H3,(H,40,43);7H,1-6H3,(H,12,15)(H,13,14);1H/t28-,30-,35+,37+,38-,47-;22-,24-,29+,30+,36-;7-;/m111./s1. The summed E-state index contributed by atoms with van der Waals surface area (Å²) in [6.45, 7) is 44.5. The number of rotatable bonds is 28. The van der Waals surface area contributed by atoms with Crippen molar-refractivity contribution in [2.45, 2.75) is 335 Å². The Bertz CT molecular complexity index is 5400. The van der Waals surface area contributed by atoms with E-state index in [1.54, 1.807) is 111 Å². The number of halogens is 1. The SMILES string of the molecule is C=C[C@@H]1C[C@]1(CC(=O)[C@@H]1[C@H](C)[C@@H](Oc2nc3c(-c4nc(C5CCCCC5)cs4)cccc3n2C(C)C)CN1C(=O)[C@@H](NC(=O)OC(C)(C)C)C(C)(C)C)C(=O)NS(=O)(=O)C1(C)CC1.C=C[C@@H]1C[C@]1(CC(=O)[C@H]1NC[C@H](Oc2nc3c(-c4nc(C5CCCCC5)cs4)cccc3n2C(C)C)[C@H]1C)C(=O)NS(=O)(=O)C1(C)CC1.CC(C)(C)OC(=O)N[C@H](C(=O)O)C(C)(C)C.Cl. The number of amides is 5. The van der Waals surface area contributed by atoms with Crippen molar-refractivity contribution in [1.29, 1.82) is 0 Å². The molecule has 6 aromatic rings. The van der Waals surface area contributed by atoms with Crippen molar-refractivity contribution in [2.75, 3.05) is 13.1 Å². The van der Waals surface area contributed by atoms with E-state index < -0.39 is 146 Å². The molecule has 6 saturated carbocycles. The van der Waals surface area contributed by atoms with Crippen molar-refractivity contribution in [2.24, 2.45) is 45.3 Å². The first-order chi connectivity index (χ1) is 59.2. The number of aliphatic carboxylic acids is 1. The van der Waals surface area contributed by atoms with E-state index in [2.05, 4.69) is 85.9 Å². The summed E-state index contributed by atoms with van der Waals surface area (Å²) in [5.74, 6) is -3.97. The van der Waals surface area contributed by atoms with Crippen molar-refractivity contribution in [1.82, 2.24) is 59.4 Å². The number of allylic oxidation sites excluding steroid dienone is 2. The Balaban J connectivity index is 0.000000215. The lowest BCUT2D eigenvalue weighted by molar-refractivity contribution is -0.143. The number of aromatic nitrogens is 6. The molecule has 2 saturated heterocycles. The lowest BCUT2D eigenvalue weighted by Crippen LogP contribution is -2.58. The maximum absolute atomic E-state index is 15.0. The number of sulfonamides is 2. The predicted molar refractivity (Wildman–Crippen MR) is 499 cm³/mol. The summed E-state index contributed by atoms with van der Waals surface area (Å²) in [6.07, 6.45) is 15.1. The second kappa shape index (κ2) is 38.1. The zero-order chi connectivity index (χ0) is 93.2. The van der Waals surface area contributed by atoms with Crippen molar-refractivity contribution in [3.8, 4) is 33.2 Å². The highest BCUT2D eigenvalue weighted by Gasteiger charge is 2.65. The molecule has 0 spiro atoms. The fourth-order valence-electron chi connectivity index (χ4n) is 18.3. The van der Waals surface area contributed by atoms with Crippen molar-refractivity contribution < 1.29 is 79.2 Å². The summed E-state index contributed by atoms with van der Waals surface area (Å²) in [5.41, 5.74) is 2.34. The smallest absolute Gasteiger partial charge is 0.408 e. The largest absolute Gasteiger partial charge is 0.480 e. The number of ketones is 2. The number of para-hydroxylation sites is 2. The minimum absolute atomic E-state index is 0. The number of ether oxygens (including phenoxy) is 4. The van der Waals surface area contributed by atoms with Crippen LogP contribution in [0.2, 0.25) is 0 Å². The number of Topliss-reactive ketones (excluding diaryl/α,β-unsaturated/α-hetero) is 2. The number of hydrogen-bond acceptors (Lipinski definition) is 23. The van der Waals surface area contributed by atoms with Crippen LogP contribution in [-0.2, 0) is 58.3 Å². The molecular formula is C94H135ClN12O17S4. The molecule has 2 aromatic carbocycles. The van der Waals surface area contributed by atoms with Gasteiger partial charge in [-0.15, -0.1) is 48.2 Å². The second-order valence-electron chi connectivity index (χ2n) is 41.9. The van der Waals surface area contributed by atoms with Gasteiger partial charge in [0.2, 0.25) is 37.8 Å². The van der Waals surface area contributed by atoms with Crippen molar-refractivity contribution in [3.63, 3.8) is 0 Å². The number of nitrogens with zero attached hydrogens (tertiary/aromatic N) is 7. The fraction of sp³-hybridized carbons (Fsp3) is 0.660. The van der Waals surface area contributed by atoms with Gasteiger partial charge in [-0.2, -0.15) is 9.97 Å². The third-order valence-corrected chi connectivity index (χ3v) is 32.9. The number of benzene rings is 2. The number of hydrogen-bond donors (Lipinski definition) is 6. The third-order valence-electron chi connectivity index (χ3n) is 26.8. The molecule has 0 radical (unpaired) electrons. The van der Waals surface area contributed by atoms with Gasteiger partial charge in [-0.25, -0.2) is 41.2 Å². The average molecular weight is 1870 g/mol. The number of carboxylic acid groups (broad SMARTS) is 1. The Kier molecular flexibility index (Phi) is 29.8. The molecule has 12 atom stereocenters. The monoisotopic (exact) mass is 1870 g/mol. The Hall–Kier alpha value is -8.37. The summed E-state index contributed by atoms with van der Waals surface area (Å²) >= 11 is 3.29. The van der Waals surface area contributed by atoms with Crippen molar-refractivity contribution in [3.05, 3.63) is 83.9 Å². The van der Waals surface area contributed by atoms with E-state index in [4.69, 9.17) is 44.0 Å². The van der Waals surface area contributed by atoms with Crippen LogP contribution in [0.5, 0.6) is 12.0 Å². The first-order valence-electron chi connectivity index (χ1n) is 45.2. The molecular weight excluding hydrogens is 1730 g/mol. The van der Waals surface area contributed by atoms with Gasteiger partial charge in [-0.05, 0) is 194 Å². The van der Waals surface area contributed by atoms with Gasteiger partial charge >= 0.3 is 18.2 Å². The average Bonchev–Trinajstić information content (AvgIpc) is 1.57. The Morgan fingerprint density at radius 2 is 0.977 bits per heavy atom. The summed E-state index contributed by atoms with van der Waals surface area (Å²) in [6, 6.07) is 9.35. The Morgan fingerprint density at radius 1 is 0.578 bits per heavy atom. The molecule has 0 unspecified atom stereocenters. The van der Waals surface area contributed by atoms with Gasteiger partial charge < -0.3 is 44.9 Å². The van der Waals surface area contributed by atoms with E-state index in [0.29, 0.717) is 62.5 Å². The lowest BCUT2D eigenvalue weighted by Gasteiger charge is -2.36. The van der Waals surface area contributed by atoms with E-state index in [-0.39, 0.29) is 74.0 Å². The van der Waals surface area contributed by atoms with Gasteiger partial charge in [0.05, 0.1) is 61.4 Å². The van der Waals surface area contributed by atoms with Gasteiger partial charge in [-0.1, -0.05) is 118 Å². The quantitative estimate of drug-likeness (QED) is 0.0248. The third kappa shape index (κ3) is 21.8. The summed E-state index contributed by atoms with van der Waals surface area (Å²) < 4.78 is 83.0. The highest BCUT2D eigenvalue weighted by molar-refractivity contribution is 7.92. The number of likely N-dealkylation sites (tertiary alicyclic amines) is 1.